The van der Waals surface area contributed by atoms with Crippen LogP contribution in [0.5, 0.6) is 0 Å². The number of ether oxygens (including phenoxy) is 1. The van der Waals surface area contributed by atoms with Gasteiger partial charge in [-0.25, -0.2) is 14.8 Å². The van der Waals surface area contributed by atoms with Crippen molar-refractivity contribution in [2.45, 2.75) is 70.4 Å². The molecular weight excluding hydrogens is 561 g/mol. The summed E-state index contributed by atoms with van der Waals surface area (Å²) in [5, 5.41) is 3.18. The van der Waals surface area contributed by atoms with Crippen molar-refractivity contribution in [3.63, 3.8) is 0 Å². The highest BCUT2D eigenvalue weighted by Crippen LogP contribution is 2.36. The number of nitrogens with one attached hydrogen (secondary N) is 1. The average molecular weight is 593 g/mol. The summed E-state index contributed by atoms with van der Waals surface area (Å²) in [6.07, 6.45) is -4.21. The van der Waals surface area contributed by atoms with E-state index in [0.717, 1.165) is 16.9 Å². The van der Waals surface area contributed by atoms with Gasteiger partial charge in [0.05, 0.1) is 6.04 Å². The van der Waals surface area contributed by atoms with Gasteiger partial charge in [0.15, 0.2) is 15.5 Å². The highest BCUT2D eigenvalue weighted by atomic mass is 32.1. The van der Waals surface area contributed by atoms with Gasteiger partial charge in [-0.15, -0.1) is 0 Å². The molecule has 5 rings (SSSR count). The van der Waals surface area contributed by atoms with Crippen LogP contribution < -0.4 is 15.8 Å². The Morgan fingerprint density at radius 3 is 2.51 bits per heavy atom. The van der Waals surface area contributed by atoms with Gasteiger partial charge in [0, 0.05) is 26.2 Å². The first kappa shape index (κ1) is 28.8. The molecule has 0 radical (unpaired) electrons. The Kier molecular flexibility index (Phi) is 7.70. The normalized spacial score (nSPS) is 19.7. The molecule has 220 valence electrons. The van der Waals surface area contributed by atoms with Crippen molar-refractivity contribution in [3.05, 3.63) is 52.1 Å². The summed E-state index contributed by atoms with van der Waals surface area (Å²) in [6.45, 7) is 5.90. The van der Waals surface area contributed by atoms with Gasteiger partial charge in [-0.3, -0.25) is 14.2 Å². The molecule has 0 spiro atoms. The summed E-state index contributed by atoms with van der Waals surface area (Å²) < 4.78 is 48.5. The number of hydrogen-bond acceptors (Lipinski definition) is 8. The molecule has 1 aromatic carbocycles. The molecule has 0 aliphatic carbocycles. The maximum Gasteiger partial charge on any atom is 0.449 e. The van der Waals surface area contributed by atoms with Crippen LogP contribution in [0.25, 0.3) is 10.3 Å². The van der Waals surface area contributed by atoms with Crippen LogP contribution in [0.2, 0.25) is 0 Å². The molecule has 2 aliphatic heterocycles. The van der Waals surface area contributed by atoms with Crippen molar-refractivity contribution in [1.29, 1.82) is 0 Å². The first-order chi connectivity index (χ1) is 19.3. The molecule has 0 unspecified atom stereocenters. The van der Waals surface area contributed by atoms with E-state index in [2.05, 4.69) is 15.3 Å². The third-order valence-corrected chi connectivity index (χ3v) is 7.99. The number of halogens is 3. The number of thiazole rings is 1. The highest BCUT2D eigenvalue weighted by molar-refractivity contribution is 7.21. The lowest BCUT2D eigenvalue weighted by molar-refractivity contribution is -0.148. The number of likely N-dealkylation sites (tertiary alicyclic amines) is 1. The fourth-order valence-electron chi connectivity index (χ4n) is 5.15. The third-order valence-electron chi connectivity index (χ3n) is 7.00. The first-order valence-corrected chi connectivity index (χ1v) is 14.2. The van der Waals surface area contributed by atoms with E-state index >= 15 is 0 Å². The summed E-state index contributed by atoms with van der Waals surface area (Å²) in [7, 11) is 0. The van der Waals surface area contributed by atoms with Crippen LogP contribution in [0, 0.1) is 0 Å². The molecule has 2 atom stereocenters. The van der Waals surface area contributed by atoms with Crippen molar-refractivity contribution in [3.8, 4) is 0 Å². The average Bonchev–Trinajstić information content (AvgIpc) is 3.65. The molecule has 3 aromatic rings. The van der Waals surface area contributed by atoms with Gasteiger partial charge in [0.2, 0.25) is 11.7 Å². The van der Waals surface area contributed by atoms with Crippen molar-refractivity contribution < 1.29 is 27.5 Å². The fourth-order valence-corrected chi connectivity index (χ4v) is 6.16. The Morgan fingerprint density at radius 2 is 1.83 bits per heavy atom. The number of hydrogen-bond donors (Lipinski definition) is 1. The predicted octanol–water partition coefficient (Wildman–Crippen LogP) is 4.34. The molecule has 14 heteroatoms. The van der Waals surface area contributed by atoms with Crippen LogP contribution in [-0.4, -0.2) is 62.7 Å². The Morgan fingerprint density at radius 1 is 1.10 bits per heavy atom. The number of carbonyl (C=O) groups excluding carboxylic acids is 2. The standard InChI is InChI=1S/C27H31F3N6O4S/c1-26(2,3)40-25(39)34-13-11-17(15-34)36-22(38)19-21(33-23(36)27(28,29)30)41-24(32-19)35-12-7-10-18(35)20(37)31-14-16-8-5-4-6-9-16/h4-6,8-9,17-18H,7,10-15H2,1-3H3,(H,31,37)/t17-,18+/m0/s1. The Bertz CT molecular complexity index is 1500. The van der Waals surface area contributed by atoms with E-state index in [1.54, 1.807) is 25.7 Å². The van der Waals surface area contributed by atoms with E-state index in [-0.39, 0.29) is 40.9 Å². The second-order valence-corrected chi connectivity index (χ2v) is 12.1. The number of nitrogens with zero attached hydrogens (tertiary/aromatic N) is 5. The van der Waals surface area contributed by atoms with E-state index in [1.165, 1.54) is 4.90 Å². The molecule has 2 aromatic heterocycles. The van der Waals surface area contributed by atoms with Gasteiger partial charge in [-0.1, -0.05) is 41.7 Å². The van der Waals surface area contributed by atoms with Gasteiger partial charge in [0.25, 0.3) is 5.56 Å². The fraction of sp³-hybridized carbons (Fsp3) is 0.519. The predicted molar refractivity (Wildman–Crippen MR) is 147 cm³/mol. The number of aromatic nitrogens is 3. The van der Waals surface area contributed by atoms with Crippen molar-refractivity contribution in [2.75, 3.05) is 24.5 Å². The number of benzene rings is 1. The second kappa shape index (κ2) is 11.0. The zero-order valence-corrected chi connectivity index (χ0v) is 23.7. The van der Waals surface area contributed by atoms with E-state index in [4.69, 9.17) is 4.74 Å². The van der Waals surface area contributed by atoms with Crippen LogP contribution in [0.3, 0.4) is 0 Å². The minimum atomic E-state index is -4.91. The molecule has 4 heterocycles. The molecule has 1 N–H and O–H groups in total. The third kappa shape index (κ3) is 6.16. The molecule has 10 nitrogen and oxygen atoms in total. The summed E-state index contributed by atoms with van der Waals surface area (Å²) in [5.41, 5.74) is -0.951. The monoisotopic (exact) mass is 592 g/mol. The van der Waals surface area contributed by atoms with E-state index in [1.807, 2.05) is 30.3 Å². The smallest absolute Gasteiger partial charge is 0.444 e. The van der Waals surface area contributed by atoms with Crippen LogP contribution in [0.1, 0.15) is 57.5 Å². The Balaban J connectivity index is 1.42. The Hall–Kier alpha value is -3.68. The molecule has 0 saturated carbocycles. The molecule has 2 aliphatic rings. The minimum Gasteiger partial charge on any atom is -0.444 e. The number of amides is 2. The van der Waals surface area contributed by atoms with E-state index in [9.17, 15) is 27.6 Å². The van der Waals surface area contributed by atoms with E-state index in [0.29, 0.717) is 30.5 Å². The number of rotatable bonds is 5. The molecule has 41 heavy (non-hydrogen) atoms. The lowest BCUT2D eigenvalue weighted by Gasteiger charge is -2.25. The van der Waals surface area contributed by atoms with Crippen molar-refractivity contribution in [2.24, 2.45) is 0 Å². The second-order valence-electron chi connectivity index (χ2n) is 11.2. The number of alkyl halides is 3. The van der Waals surface area contributed by atoms with Crippen LogP contribution in [0.4, 0.5) is 23.1 Å². The Labute approximate surface area is 238 Å². The first-order valence-electron chi connectivity index (χ1n) is 13.4. The van der Waals surface area contributed by atoms with Gasteiger partial charge in [0.1, 0.15) is 11.6 Å². The largest absolute Gasteiger partial charge is 0.449 e. The van der Waals surface area contributed by atoms with Crippen molar-refractivity contribution >= 4 is 38.8 Å². The lowest BCUT2D eigenvalue weighted by Crippen LogP contribution is -2.43. The number of anilines is 1. The molecule has 2 amide bonds. The summed E-state index contributed by atoms with van der Waals surface area (Å²) in [6, 6.07) is 7.91. The highest BCUT2D eigenvalue weighted by Gasteiger charge is 2.42. The maximum absolute atomic E-state index is 14.2. The molecule has 0 bridgehead atoms. The number of carbonyl (C=O) groups is 2. The minimum absolute atomic E-state index is 0.127. The van der Waals surface area contributed by atoms with Gasteiger partial charge >= 0.3 is 12.3 Å². The van der Waals surface area contributed by atoms with Crippen molar-refractivity contribution in [1.82, 2.24) is 24.8 Å². The van der Waals surface area contributed by atoms with Gasteiger partial charge < -0.3 is 19.9 Å². The summed E-state index contributed by atoms with van der Waals surface area (Å²) in [4.78, 5) is 50.2. The molecule has 2 fully saturated rings. The van der Waals surface area contributed by atoms with Crippen LogP contribution in [0.15, 0.2) is 35.1 Å². The van der Waals surface area contributed by atoms with Gasteiger partial charge in [-0.2, -0.15) is 13.2 Å². The summed E-state index contributed by atoms with van der Waals surface area (Å²) in [5.74, 6) is -1.56. The zero-order valence-electron chi connectivity index (χ0n) is 22.9. The zero-order chi connectivity index (χ0) is 29.5. The maximum atomic E-state index is 14.2. The molecule has 2 saturated heterocycles. The van der Waals surface area contributed by atoms with Gasteiger partial charge in [-0.05, 0) is 45.6 Å². The van der Waals surface area contributed by atoms with Crippen LogP contribution in [-0.2, 0) is 22.3 Å². The SMILES string of the molecule is CC(C)(C)OC(=O)N1CC[C@H](n2c(C(F)(F)F)nc3sc(N4CCC[C@@H]4C(=O)NCc4ccccc4)nc3c2=O)C1. The molecular formula is C27H31F3N6O4S. The van der Waals surface area contributed by atoms with Crippen LogP contribution >= 0.6 is 11.3 Å². The number of fused-ring (bicyclic) bond motifs is 1. The topological polar surface area (TPSA) is 110 Å². The van der Waals surface area contributed by atoms with E-state index < -0.39 is 41.3 Å². The summed E-state index contributed by atoms with van der Waals surface area (Å²) >= 11 is 0.863. The quantitative estimate of drug-likeness (QED) is 0.470. The lowest BCUT2D eigenvalue weighted by atomic mass is 10.2.